The van der Waals surface area contributed by atoms with Crippen molar-refractivity contribution < 1.29 is 23.0 Å². The van der Waals surface area contributed by atoms with Crippen molar-refractivity contribution >= 4 is 11.8 Å². The van der Waals surface area contributed by atoms with Gasteiger partial charge in [0, 0.05) is 33.8 Å². The summed E-state index contributed by atoms with van der Waals surface area (Å²) < 4.78 is 47.7. The summed E-state index contributed by atoms with van der Waals surface area (Å²) in [6.45, 7) is 0. The molecule has 4 rings (SSSR count). The van der Waals surface area contributed by atoms with Crippen LogP contribution in [0.3, 0.4) is 0 Å². The summed E-state index contributed by atoms with van der Waals surface area (Å²) >= 11 is 1.51. The van der Waals surface area contributed by atoms with Crippen molar-refractivity contribution in [2.45, 2.75) is 47.9 Å². The van der Waals surface area contributed by atoms with E-state index in [9.17, 15) is 18.3 Å². The lowest BCUT2D eigenvalue weighted by atomic mass is 10.00. The number of aliphatic hydroxyl groups excluding tert-OH is 1. The first-order valence-corrected chi connectivity index (χ1v) is 9.52. The fourth-order valence-corrected chi connectivity index (χ4v) is 4.77. The summed E-state index contributed by atoms with van der Waals surface area (Å²) in [6.07, 6.45) is 0.661. The Morgan fingerprint density at radius 3 is 2.67 bits per heavy atom. The molecule has 0 saturated heterocycles. The molecule has 7 heteroatoms. The number of ether oxygens (including phenoxy) is 1. The van der Waals surface area contributed by atoms with E-state index >= 15 is 0 Å². The van der Waals surface area contributed by atoms with Gasteiger partial charge in [-0.2, -0.15) is 5.26 Å². The molecule has 0 aromatic heterocycles. The van der Waals surface area contributed by atoms with Gasteiger partial charge in [0.05, 0.1) is 11.6 Å². The SMILES string of the molecule is N#Cc1cc(F)cc(Oc2ccc(SC3CCC3)c3c2CC(F)(F)C3O)c1. The Hall–Kier alpha value is -2.17. The van der Waals surface area contributed by atoms with Gasteiger partial charge in [-0.1, -0.05) is 6.42 Å². The highest BCUT2D eigenvalue weighted by Crippen LogP contribution is 2.52. The Morgan fingerprint density at radius 1 is 1.22 bits per heavy atom. The number of benzene rings is 2. The smallest absolute Gasteiger partial charge is 0.281 e. The molecule has 140 valence electrons. The second-order valence-electron chi connectivity index (χ2n) is 6.85. The number of nitriles is 1. The molecule has 0 bridgehead atoms. The van der Waals surface area contributed by atoms with Crippen LogP contribution in [0.25, 0.3) is 0 Å². The minimum atomic E-state index is -3.28. The predicted octanol–water partition coefficient (Wildman–Crippen LogP) is 5.36. The number of rotatable bonds is 4. The predicted molar refractivity (Wildman–Crippen MR) is 94.7 cm³/mol. The van der Waals surface area contributed by atoms with E-state index in [1.54, 1.807) is 12.1 Å². The Morgan fingerprint density at radius 2 is 2.00 bits per heavy atom. The number of nitrogens with zero attached hydrogens (tertiary/aromatic N) is 1. The summed E-state index contributed by atoms with van der Waals surface area (Å²) in [5, 5.41) is 19.5. The molecule has 1 unspecified atom stereocenters. The maximum Gasteiger partial charge on any atom is 0.281 e. The standard InChI is InChI=1S/C20H16F3NO2S/c21-12-6-11(10-24)7-13(8-12)26-16-4-5-17(27-14-2-1-3-14)18-15(16)9-20(22,23)19(18)25/h4-8,14,19,25H,1-3,9H2. The van der Waals surface area contributed by atoms with E-state index in [0.29, 0.717) is 10.1 Å². The first kappa shape index (κ1) is 18.2. The zero-order chi connectivity index (χ0) is 19.2. The van der Waals surface area contributed by atoms with Crippen LogP contribution in [0.5, 0.6) is 11.5 Å². The third-order valence-electron chi connectivity index (χ3n) is 4.93. The topological polar surface area (TPSA) is 53.2 Å². The van der Waals surface area contributed by atoms with E-state index in [-0.39, 0.29) is 28.2 Å². The van der Waals surface area contributed by atoms with Crippen molar-refractivity contribution in [1.29, 1.82) is 5.26 Å². The number of hydrogen-bond donors (Lipinski definition) is 1. The lowest BCUT2D eigenvalue weighted by molar-refractivity contribution is -0.0976. The van der Waals surface area contributed by atoms with Crippen LogP contribution in [0, 0.1) is 17.1 Å². The van der Waals surface area contributed by atoms with Crippen LogP contribution in [0.15, 0.2) is 35.2 Å². The summed E-state index contributed by atoms with van der Waals surface area (Å²) in [5.74, 6) is -3.73. The molecule has 2 aliphatic carbocycles. The van der Waals surface area contributed by atoms with Gasteiger partial charge in [0.1, 0.15) is 23.4 Å². The maximum absolute atomic E-state index is 14.2. The van der Waals surface area contributed by atoms with Crippen molar-refractivity contribution in [3.8, 4) is 17.6 Å². The minimum Gasteiger partial charge on any atom is -0.457 e. The molecule has 0 heterocycles. The van der Waals surface area contributed by atoms with Gasteiger partial charge in [0.15, 0.2) is 0 Å². The molecule has 2 aromatic carbocycles. The number of thioether (sulfide) groups is 1. The fraction of sp³-hybridized carbons (Fsp3) is 0.350. The largest absolute Gasteiger partial charge is 0.457 e. The van der Waals surface area contributed by atoms with Gasteiger partial charge in [-0.3, -0.25) is 0 Å². The molecule has 1 atom stereocenters. The van der Waals surface area contributed by atoms with Crippen LogP contribution in [0.2, 0.25) is 0 Å². The quantitative estimate of drug-likeness (QED) is 0.762. The Labute approximate surface area is 158 Å². The average Bonchev–Trinajstić information content (AvgIpc) is 2.82. The zero-order valence-corrected chi connectivity index (χ0v) is 15.0. The fourth-order valence-electron chi connectivity index (χ4n) is 3.33. The van der Waals surface area contributed by atoms with Crippen molar-refractivity contribution in [2.24, 2.45) is 0 Å². The van der Waals surface area contributed by atoms with Crippen molar-refractivity contribution in [1.82, 2.24) is 0 Å². The number of halogens is 3. The van der Waals surface area contributed by atoms with E-state index in [0.717, 1.165) is 31.4 Å². The van der Waals surface area contributed by atoms with E-state index < -0.39 is 24.3 Å². The van der Waals surface area contributed by atoms with Gasteiger partial charge in [0.25, 0.3) is 5.92 Å². The van der Waals surface area contributed by atoms with Gasteiger partial charge in [-0.05, 0) is 37.1 Å². The lowest BCUT2D eigenvalue weighted by Crippen LogP contribution is -2.22. The molecule has 0 radical (unpaired) electrons. The van der Waals surface area contributed by atoms with Crippen LogP contribution in [0.1, 0.15) is 42.1 Å². The first-order chi connectivity index (χ1) is 12.9. The summed E-state index contributed by atoms with van der Waals surface area (Å²) in [5.41, 5.74) is 0.509. The summed E-state index contributed by atoms with van der Waals surface area (Å²) in [6, 6.07) is 8.57. The molecule has 3 nitrogen and oxygen atoms in total. The molecule has 0 spiro atoms. The molecule has 1 fully saturated rings. The van der Waals surface area contributed by atoms with Crippen LogP contribution in [-0.2, 0) is 6.42 Å². The van der Waals surface area contributed by atoms with Crippen LogP contribution >= 0.6 is 11.8 Å². The van der Waals surface area contributed by atoms with Crippen molar-refractivity contribution in [3.63, 3.8) is 0 Å². The number of fused-ring (bicyclic) bond motifs is 1. The van der Waals surface area contributed by atoms with Crippen LogP contribution in [0.4, 0.5) is 13.2 Å². The molecule has 0 amide bonds. The van der Waals surface area contributed by atoms with Crippen molar-refractivity contribution in [2.75, 3.05) is 0 Å². The molecular weight excluding hydrogens is 375 g/mol. The van der Waals surface area contributed by atoms with Crippen LogP contribution < -0.4 is 4.74 Å². The third-order valence-corrected chi connectivity index (χ3v) is 6.35. The monoisotopic (exact) mass is 391 g/mol. The van der Waals surface area contributed by atoms with Gasteiger partial charge >= 0.3 is 0 Å². The van der Waals surface area contributed by atoms with E-state index in [1.807, 2.05) is 6.07 Å². The van der Waals surface area contributed by atoms with Gasteiger partial charge in [-0.15, -0.1) is 11.8 Å². The number of alkyl halides is 2. The van der Waals surface area contributed by atoms with Gasteiger partial charge in [-0.25, -0.2) is 13.2 Å². The third kappa shape index (κ3) is 3.40. The highest BCUT2D eigenvalue weighted by Gasteiger charge is 2.49. The van der Waals surface area contributed by atoms with E-state index in [1.165, 1.54) is 17.8 Å². The molecule has 1 N–H and O–H groups in total. The molecule has 0 aliphatic heterocycles. The molecule has 2 aromatic rings. The highest BCUT2D eigenvalue weighted by atomic mass is 32.2. The zero-order valence-electron chi connectivity index (χ0n) is 14.2. The number of aliphatic hydroxyl groups is 1. The average molecular weight is 391 g/mol. The normalized spacial score (nSPS) is 20.6. The minimum absolute atomic E-state index is 0.0536. The van der Waals surface area contributed by atoms with E-state index in [4.69, 9.17) is 10.00 Å². The Bertz CT molecular complexity index is 938. The second-order valence-corrected chi connectivity index (χ2v) is 8.20. The molecule has 27 heavy (non-hydrogen) atoms. The van der Waals surface area contributed by atoms with Gasteiger partial charge in [0.2, 0.25) is 0 Å². The molecular formula is C20H16F3NO2S. The Kier molecular flexibility index (Phi) is 4.57. The first-order valence-electron chi connectivity index (χ1n) is 8.64. The van der Waals surface area contributed by atoms with E-state index in [2.05, 4.69) is 0 Å². The highest BCUT2D eigenvalue weighted by molar-refractivity contribution is 8.00. The lowest BCUT2D eigenvalue weighted by Gasteiger charge is -2.26. The van der Waals surface area contributed by atoms with Crippen LogP contribution in [-0.4, -0.2) is 16.3 Å². The number of hydrogen-bond acceptors (Lipinski definition) is 4. The Balaban J connectivity index is 1.72. The molecule has 1 saturated carbocycles. The summed E-state index contributed by atoms with van der Waals surface area (Å²) in [7, 11) is 0. The van der Waals surface area contributed by atoms with Gasteiger partial charge < -0.3 is 9.84 Å². The molecule has 2 aliphatic rings. The second kappa shape index (κ2) is 6.77. The van der Waals surface area contributed by atoms with Crippen molar-refractivity contribution in [3.05, 3.63) is 52.8 Å². The maximum atomic E-state index is 14.2. The summed E-state index contributed by atoms with van der Waals surface area (Å²) in [4.78, 5) is 0.642.